The molecule has 0 aliphatic heterocycles. The lowest BCUT2D eigenvalue weighted by molar-refractivity contribution is 0.285. The zero-order valence-electron chi connectivity index (χ0n) is 10.7. The molecule has 0 saturated heterocycles. The summed E-state index contributed by atoms with van der Waals surface area (Å²) >= 11 is 4.42. The molecule has 0 aliphatic carbocycles. The molecule has 2 heterocycles. The van der Waals surface area contributed by atoms with Crippen LogP contribution < -0.4 is 4.72 Å². The smallest absolute Gasteiger partial charge is 0.242 e. The normalized spacial score (nSPS) is 11.9. The van der Waals surface area contributed by atoms with E-state index in [4.69, 9.17) is 5.11 Å². The molecule has 0 radical (unpaired) electrons. The Bertz CT molecular complexity index is 694. The van der Waals surface area contributed by atoms with Gasteiger partial charge < -0.3 is 5.11 Å². The van der Waals surface area contributed by atoms with Crippen LogP contribution >= 0.6 is 27.3 Å². The molecule has 0 atom stereocenters. The van der Waals surface area contributed by atoms with E-state index >= 15 is 0 Å². The minimum absolute atomic E-state index is 0.165. The van der Waals surface area contributed by atoms with Gasteiger partial charge in [0, 0.05) is 24.7 Å². The van der Waals surface area contributed by atoms with Gasteiger partial charge in [0.05, 0.1) is 16.6 Å². The van der Waals surface area contributed by atoms with Crippen molar-refractivity contribution < 1.29 is 13.5 Å². The van der Waals surface area contributed by atoms with Crippen LogP contribution in [0.25, 0.3) is 0 Å². The van der Waals surface area contributed by atoms with Crippen molar-refractivity contribution in [3.05, 3.63) is 32.7 Å². The molecule has 2 aromatic heterocycles. The van der Waals surface area contributed by atoms with Crippen LogP contribution in [-0.2, 0) is 30.1 Å². The molecule has 0 amide bonds. The van der Waals surface area contributed by atoms with Crippen molar-refractivity contribution in [3.8, 4) is 0 Å². The lowest BCUT2D eigenvalue weighted by Gasteiger charge is -2.04. The van der Waals surface area contributed by atoms with Crippen LogP contribution in [0.5, 0.6) is 0 Å². The summed E-state index contributed by atoms with van der Waals surface area (Å²) in [5, 5.41) is 13.1. The average molecular weight is 380 g/mol. The fraction of sp³-hybridized carbons (Fsp3) is 0.364. The Hall–Kier alpha value is -0.740. The van der Waals surface area contributed by atoms with E-state index in [2.05, 4.69) is 25.8 Å². The summed E-state index contributed by atoms with van der Waals surface area (Å²) in [5.41, 5.74) is 0.968. The maximum absolute atomic E-state index is 12.1. The van der Waals surface area contributed by atoms with Gasteiger partial charge in [-0.1, -0.05) is 0 Å². The number of thiophene rings is 1. The van der Waals surface area contributed by atoms with E-state index in [1.807, 2.05) is 13.2 Å². The number of rotatable bonds is 6. The van der Waals surface area contributed by atoms with Gasteiger partial charge in [-0.15, -0.1) is 11.3 Å². The number of nitrogens with zero attached hydrogens (tertiary/aromatic N) is 2. The molecule has 0 spiro atoms. The highest BCUT2D eigenvalue weighted by atomic mass is 79.9. The zero-order chi connectivity index (χ0) is 14.8. The van der Waals surface area contributed by atoms with Crippen molar-refractivity contribution in [3.63, 3.8) is 0 Å². The Morgan fingerprint density at radius 2 is 2.30 bits per heavy atom. The average Bonchev–Trinajstić information content (AvgIpc) is 2.95. The Kier molecular flexibility index (Phi) is 4.97. The van der Waals surface area contributed by atoms with E-state index < -0.39 is 10.0 Å². The maximum atomic E-state index is 12.1. The van der Waals surface area contributed by atoms with Gasteiger partial charge in [0.15, 0.2) is 0 Å². The summed E-state index contributed by atoms with van der Waals surface area (Å²) in [4.78, 5) is 0.766. The number of aliphatic hydroxyl groups excluding tert-OH is 1. The molecule has 0 saturated carbocycles. The van der Waals surface area contributed by atoms with Crippen LogP contribution in [0, 0.1) is 0 Å². The van der Waals surface area contributed by atoms with Crippen LogP contribution in [0.3, 0.4) is 0 Å². The largest absolute Gasteiger partial charge is 0.391 e. The third-order valence-corrected chi connectivity index (χ3v) is 6.31. The van der Waals surface area contributed by atoms with Gasteiger partial charge in [-0.2, -0.15) is 5.10 Å². The third-order valence-electron chi connectivity index (χ3n) is 2.62. The highest BCUT2D eigenvalue weighted by Gasteiger charge is 2.20. The molecule has 0 unspecified atom stereocenters. The van der Waals surface area contributed by atoms with E-state index in [0.29, 0.717) is 21.6 Å². The quantitative estimate of drug-likeness (QED) is 0.790. The molecule has 0 aliphatic rings. The molecule has 2 aromatic rings. The fourth-order valence-corrected chi connectivity index (χ4v) is 5.24. The molecule has 20 heavy (non-hydrogen) atoms. The predicted molar refractivity (Wildman–Crippen MR) is 80.0 cm³/mol. The minimum atomic E-state index is -3.57. The van der Waals surface area contributed by atoms with Gasteiger partial charge in [0.25, 0.3) is 0 Å². The number of aryl methyl sites for hydroxylation is 1. The maximum Gasteiger partial charge on any atom is 0.242 e. The van der Waals surface area contributed by atoms with E-state index in [0.717, 1.165) is 5.56 Å². The highest BCUT2D eigenvalue weighted by molar-refractivity contribution is 9.11. The summed E-state index contributed by atoms with van der Waals surface area (Å²) in [7, 11) is -1.76. The number of aromatic nitrogens is 2. The molecule has 0 bridgehead atoms. The van der Waals surface area contributed by atoms with Crippen LogP contribution in [0.4, 0.5) is 0 Å². The monoisotopic (exact) mass is 379 g/mol. The summed E-state index contributed by atoms with van der Waals surface area (Å²) in [5.74, 6) is 0. The van der Waals surface area contributed by atoms with Crippen LogP contribution in [0.2, 0.25) is 0 Å². The third kappa shape index (κ3) is 3.67. The number of sulfonamides is 1. The molecule has 9 heteroatoms. The lowest BCUT2D eigenvalue weighted by atomic mass is 10.3. The van der Waals surface area contributed by atoms with Crippen LogP contribution in [0.1, 0.15) is 10.4 Å². The first kappa shape index (κ1) is 15.6. The van der Waals surface area contributed by atoms with Crippen molar-refractivity contribution in [1.29, 1.82) is 0 Å². The summed E-state index contributed by atoms with van der Waals surface area (Å²) in [6, 6.07) is 1.47. The molecular weight excluding hydrogens is 366 g/mol. The van der Waals surface area contributed by atoms with Gasteiger partial charge in [-0.3, -0.25) is 4.68 Å². The van der Waals surface area contributed by atoms with E-state index in [1.54, 1.807) is 10.9 Å². The first-order chi connectivity index (χ1) is 9.42. The second-order valence-corrected chi connectivity index (χ2v) is 8.37. The molecule has 2 N–H and O–H groups in total. The van der Waals surface area contributed by atoms with Crippen molar-refractivity contribution >= 4 is 37.3 Å². The van der Waals surface area contributed by atoms with Gasteiger partial charge in [0.1, 0.15) is 4.90 Å². The standard InChI is InChI=1S/C11H14BrN3O3S2/c1-15-6-8(5-13-15)2-3-14-20(17,18)10-4-9(7-16)19-11(10)12/h4-6,14,16H,2-3,7H2,1H3. The number of hydrogen-bond acceptors (Lipinski definition) is 5. The van der Waals surface area contributed by atoms with Crippen LogP contribution in [-0.4, -0.2) is 29.8 Å². The van der Waals surface area contributed by atoms with E-state index in [1.165, 1.54) is 17.4 Å². The van der Waals surface area contributed by atoms with Gasteiger partial charge in [-0.25, -0.2) is 13.1 Å². The Morgan fingerprint density at radius 1 is 1.55 bits per heavy atom. The molecule has 6 nitrogen and oxygen atoms in total. The summed E-state index contributed by atoms with van der Waals surface area (Å²) < 4.78 is 29.0. The number of halogens is 1. The Balaban J connectivity index is 2.01. The van der Waals surface area contributed by atoms with Gasteiger partial charge in [-0.05, 0) is 34.0 Å². The number of hydrogen-bond donors (Lipinski definition) is 2. The van der Waals surface area contributed by atoms with Gasteiger partial charge in [0.2, 0.25) is 10.0 Å². The minimum Gasteiger partial charge on any atom is -0.391 e. The highest BCUT2D eigenvalue weighted by Crippen LogP contribution is 2.31. The van der Waals surface area contributed by atoms with Crippen molar-refractivity contribution in [2.45, 2.75) is 17.9 Å². The van der Waals surface area contributed by atoms with Crippen LogP contribution in [0.15, 0.2) is 27.1 Å². The first-order valence-corrected chi connectivity index (χ1v) is 8.88. The second kappa shape index (κ2) is 6.35. The molecule has 0 fully saturated rings. The first-order valence-electron chi connectivity index (χ1n) is 5.78. The topological polar surface area (TPSA) is 84.2 Å². The molecular formula is C11H14BrN3O3S2. The zero-order valence-corrected chi connectivity index (χ0v) is 13.9. The number of nitrogens with one attached hydrogen (secondary N) is 1. The fourth-order valence-electron chi connectivity index (χ4n) is 1.67. The van der Waals surface area contributed by atoms with E-state index in [-0.39, 0.29) is 11.5 Å². The molecule has 110 valence electrons. The predicted octanol–water partition coefficient (Wildman–Crippen LogP) is 1.26. The van der Waals surface area contributed by atoms with Gasteiger partial charge >= 0.3 is 0 Å². The lowest BCUT2D eigenvalue weighted by Crippen LogP contribution is -2.25. The Morgan fingerprint density at radius 3 is 2.85 bits per heavy atom. The van der Waals surface area contributed by atoms with Crippen molar-refractivity contribution in [2.75, 3.05) is 6.54 Å². The van der Waals surface area contributed by atoms with E-state index in [9.17, 15) is 8.42 Å². The van der Waals surface area contributed by atoms with Crippen molar-refractivity contribution in [1.82, 2.24) is 14.5 Å². The summed E-state index contributed by atoms with van der Waals surface area (Å²) in [6.07, 6.45) is 4.12. The molecule has 0 aromatic carbocycles. The SMILES string of the molecule is Cn1cc(CCNS(=O)(=O)c2cc(CO)sc2Br)cn1. The molecule has 2 rings (SSSR count). The second-order valence-electron chi connectivity index (χ2n) is 4.18. The number of aliphatic hydroxyl groups is 1. The summed E-state index contributed by atoms with van der Waals surface area (Å²) in [6.45, 7) is 0.124. The Labute approximate surface area is 129 Å². The van der Waals surface area contributed by atoms with Crippen molar-refractivity contribution in [2.24, 2.45) is 7.05 Å².